The van der Waals surface area contributed by atoms with Gasteiger partial charge in [0.15, 0.2) is 0 Å². The van der Waals surface area contributed by atoms with Crippen molar-refractivity contribution < 1.29 is 9.13 Å². The van der Waals surface area contributed by atoms with Crippen LogP contribution < -0.4 is 10.1 Å². The third-order valence-electron chi connectivity index (χ3n) is 5.16. The SMILES string of the molecule is CCCCN(CCCC)CCCNCc1cc(Cl)ccc1OCc1ccccc1F. The zero-order valence-electron chi connectivity index (χ0n) is 18.4. The Hall–Kier alpha value is -1.62. The van der Waals surface area contributed by atoms with Gasteiger partial charge < -0.3 is 15.0 Å². The summed E-state index contributed by atoms with van der Waals surface area (Å²) in [5, 5.41) is 4.18. The van der Waals surface area contributed by atoms with Crippen LogP contribution in [0.5, 0.6) is 5.75 Å². The fraction of sp³-hybridized carbons (Fsp3) is 0.520. The first-order chi connectivity index (χ1) is 14.6. The third-order valence-corrected chi connectivity index (χ3v) is 5.40. The van der Waals surface area contributed by atoms with Gasteiger partial charge in [-0.15, -0.1) is 0 Å². The molecule has 0 aliphatic rings. The van der Waals surface area contributed by atoms with Gasteiger partial charge in [0, 0.05) is 22.7 Å². The van der Waals surface area contributed by atoms with Crippen molar-refractivity contribution in [3.8, 4) is 5.75 Å². The summed E-state index contributed by atoms with van der Waals surface area (Å²) in [6.07, 6.45) is 6.13. The van der Waals surface area contributed by atoms with Crippen molar-refractivity contribution >= 4 is 11.6 Å². The van der Waals surface area contributed by atoms with Gasteiger partial charge in [0.25, 0.3) is 0 Å². The van der Waals surface area contributed by atoms with E-state index < -0.39 is 0 Å². The van der Waals surface area contributed by atoms with Gasteiger partial charge in [-0.3, -0.25) is 0 Å². The van der Waals surface area contributed by atoms with Crippen molar-refractivity contribution in [2.24, 2.45) is 0 Å². The van der Waals surface area contributed by atoms with E-state index in [-0.39, 0.29) is 12.4 Å². The number of halogens is 2. The molecule has 2 aromatic rings. The maximum absolute atomic E-state index is 13.8. The first-order valence-electron chi connectivity index (χ1n) is 11.2. The summed E-state index contributed by atoms with van der Waals surface area (Å²) in [6, 6.07) is 12.3. The highest BCUT2D eigenvalue weighted by Crippen LogP contribution is 2.24. The highest BCUT2D eigenvalue weighted by molar-refractivity contribution is 6.30. The molecule has 0 aliphatic carbocycles. The van der Waals surface area contributed by atoms with Crippen LogP contribution in [-0.4, -0.2) is 31.1 Å². The summed E-state index contributed by atoms with van der Waals surface area (Å²) in [7, 11) is 0. The van der Waals surface area contributed by atoms with Crippen LogP contribution in [0.4, 0.5) is 4.39 Å². The van der Waals surface area contributed by atoms with Gasteiger partial charge in [-0.05, 0) is 69.7 Å². The van der Waals surface area contributed by atoms with Crippen LogP contribution in [-0.2, 0) is 13.2 Å². The average molecular weight is 435 g/mol. The van der Waals surface area contributed by atoms with Crippen LogP contribution in [0.25, 0.3) is 0 Å². The third kappa shape index (κ3) is 9.03. The Labute approximate surface area is 186 Å². The van der Waals surface area contributed by atoms with E-state index in [2.05, 4.69) is 24.1 Å². The molecule has 2 rings (SSSR count). The van der Waals surface area contributed by atoms with Crippen molar-refractivity contribution in [2.75, 3.05) is 26.2 Å². The zero-order chi connectivity index (χ0) is 21.6. The van der Waals surface area contributed by atoms with E-state index in [1.54, 1.807) is 18.2 Å². The number of hydrogen-bond donors (Lipinski definition) is 1. The van der Waals surface area contributed by atoms with Crippen LogP contribution in [0.1, 0.15) is 57.1 Å². The normalized spacial score (nSPS) is 11.2. The molecular weight excluding hydrogens is 399 g/mol. The number of hydrogen-bond acceptors (Lipinski definition) is 3. The van der Waals surface area contributed by atoms with Crippen molar-refractivity contribution in [2.45, 2.75) is 59.1 Å². The largest absolute Gasteiger partial charge is 0.488 e. The molecule has 0 aliphatic heterocycles. The lowest BCUT2D eigenvalue weighted by molar-refractivity contribution is 0.260. The number of nitrogens with one attached hydrogen (secondary N) is 1. The number of benzene rings is 2. The fourth-order valence-corrected chi connectivity index (χ4v) is 3.54. The van der Waals surface area contributed by atoms with E-state index in [1.807, 2.05) is 18.2 Å². The summed E-state index contributed by atoms with van der Waals surface area (Å²) in [5.74, 6) is 0.490. The summed E-state index contributed by atoms with van der Waals surface area (Å²) in [6.45, 7) is 9.82. The molecule has 3 nitrogen and oxygen atoms in total. The molecule has 0 bridgehead atoms. The van der Waals surface area contributed by atoms with E-state index in [9.17, 15) is 4.39 Å². The van der Waals surface area contributed by atoms with Crippen molar-refractivity contribution in [1.29, 1.82) is 0 Å². The molecule has 2 aromatic carbocycles. The Morgan fingerprint density at radius 3 is 2.33 bits per heavy atom. The number of nitrogens with zero attached hydrogens (tertiary/aromatic N) is 1. The average Bonchev–Trinajstić information content (AvgIpc) is 2.75. The van der Waals surface area contributed by atoms with Crippen molar-refractivity contribution in [1.82, 2.24) is 10.2 Å². The molecule has 0 fully saturated rings. The van der Waals surface area contributed by atoms with Crippen molar-refractivity contribution in [3.63, 3.8) is 0 Å². The minimum absolute atomic E-state index is 0.200. The van der Waals surface area contributed by atoms with E-state index in [4.69, 9.17) is 16.3 Å². The Bertz CT molecular complexity index is 733. The number of ether oxygens (including phenoxy) is 1. The summed E-state index contributed by atoms with van der Waals surface area (Å²) >= 11 is 6.19. The van der Waals surface area contributed by atoms with Crippen LogP contribution in [0.3, 0.4) is 0 Å². The smallest absolute Gasteiger partial charge is 0.129 e. The number of unbranched alkanes of at least 4 members (excludes halogenated alkanes) is 2. The van der Waals surface area contributed by atoms with Crippen LogP contribution in [0.15, 0.2) is 42.5 Å². The zero-order valence-corrected chi connectivity index (χ0v) is 19.2. The van der Waals surface area contributed by atoms with E-state index >= 15 is 0 Å². The predicted molar refractivity (Wildman–Crippen MR) is 125 cm³/mol. The van der Waals surface area contributed by atoms with Gasteiger partial charge in [-0.2, -0.15) is 0 Å². The lowest BCUT2D eigenvalue weighted by Gasteiger charge is -2.22. The quantitative estimate of drug-likeness (QED) is 0.326. The fourth-order valence-electron chi connectivity index (χ4n) is 3.35. The maximum Gasteiger partial charge on any atom is 0.129 e. The summed E-state index contributed by atoms with van der Waals surface area (Å²) in [4.78, 5) is 2.58. The molecule has 1 N–H and O–H groups in total. The topological polar surface area (TPSA) is 24.5 Å². The van der Waals surface area contributed by atoms with E-state index in [0.29, 0.717) is 17.1 Å². The second-order valence-electron chi connectivity index (χ2n) is 7.71. The first-order valence-corrected chi connectivity index (χ1v) is 11.6. The van der Waals surface area contributed by atoms with Gasteiger partial charge in [0.05, 0.1) is 0 Å². The summed E-state index contributed by atoms with van der Waals surface area (Å²) in [5.41, 5.74) is 1.54. The minimum atomic E-state index is -0.248. The van der Waals surface area contributed by atoms with Gasteiger partial charge in [-0.25, -0.2) is 4.39 Å². The van der Waals surface area contributed by atoms with Crippen molar-refractivity contribution in [3.05, 3.63) is 64.4 Å². The molecule has 0 radical (unpaired) electrons. The van der Waals surface area contributed by atoms with Gasteiger partial charge >= 0.3 is 0 Å². The molecule has 0 heterocycles. The molecule has 0 spiro atoms. The molecule has 30 heavy (non-hydrogen) atoms. The first kappa shape index (κ1) is 24.6. The molecule has 0 aromatic heterocycles. The van der Waals surface area contributed by atoms with Crippen LogP contribution in [0.2, 0.25) is 5.02 Å². The van der Waals surface area contributed by atoms with Crippen LogP contribution >= 0.6 is 11.6 Å². The van der Waals surface area contributed by atoms with Gasteiger partial charge in [0.1, 0.15) is 18.2 Å². The molecular formula is C25H36ClFN2O. The van der Waals surface area contributed by atoms with E-state index in [1.165, 1.54) is 44.8 Å². The monoisotopic (exact) mass is 434 g/mol. The Morgan fingerprint density at radius 2 is 1.63 bits per heavy atom. The van der Waals surface area contributed by atoms with Crippen LogP contribution in [0, 0.1) is 5.82 Å². The van der Waals surface area contributed by atoms with Gasteiger partial charge in [-0.1, -0.05) is 56.5 Å². The molecule has 0 unspecified atom stereocenters. The van der Waals surface area contributed by atoms with E-state index in [0.717, 1.165) is 30.8 Å². The maximum atomic E-state index is 13.8. The second-order valence-corrected chi connectivity index (χ2v) is 8.15. The lowest BCUT2D eigenvalue weighted by Crippen LogP contribution is -2.29. The minimum Gasteiger partial charge on any atom is -0.488 e. The molecule has 5 heteroatoms. The molecule has 0 saturated heterocycles. The summed E-state index contributed by atoms with van der Waals surface area (Å²) < 4.78 is 19.7. The Kier molecular flexibility index (Phi) is 11.8. The second kappa shape index (κ2) is 14.4. The highest BCUT2D eigenvalue weighted by Gasteiger charge is 2.08. The molecule has 166 valence electrons. The molecule has 0 atom stereocenters. The molecule has 0 saturated carbocycles. The molecule has 0 amide bonds. The standard InChI is InChI=1S/C25H36ClFN2O/c1-3-5-15-29(16-6-4-2)17-9-14-28-19-22-18-23(26)12-13-25(22)30-20-21-10-7-8-11-24(21)27/h7-8,10-13,18,28H,3-6,9,14-17,19-20H2,1-2H3. The Morgan fingerprint density at radius 1 is 0.933 bits per heavy atom. The predicted octanol–water partition coefficient (Wildman–Crippen LogP) is 6.44. The van der Waals surface area contributed by atoms with Gasteiger partial charge in [0.2, 0.25) is 0 Å². The Balaban J connectivity index is 1.81. The highest BCUT2D eigenvalue weighted by atomic mass is 35.5. The number of rotatable bonds is 15. The lowest BCUT2D eigenvalue weighted by atomic mass is 10.2.